The van der Waals surface area contributed by atoms with Crippen molar-refractivity contribution in [1.82, 2.24) is 19.7 Å². The standard InChI is InChI=1S/C23H24ClFN6O3/c24-21-18(11-29-31(23(21)32)20-3-1-2-8-33-20)30-7-6-16-17(12-30)27-13-28-22(16)34-19-5-4-15(25)9-14(19)10-26/h4-5,9,11,13,20H,1-3,6-8,10,12,26H2. The van der Waals surface area contributed by atoms with E-state index in [0.29, 0.717) is 49.0 Å². The molecule has 0 saturated carbocycles. The molecule has 1 aromatic carbocycles. The second-order valence-corrected chi connectivity index (χ2v) is 8.63. The Hall–Kier alpha value is -3.08. The zero-order valence-corrected chi connectivity index (χ0v) is 19.2. The van der Waals surface area contributed by atoms with Crippen molar-refractivity contribution in [2.24, 2.45) is 5.73 Å². The molecule has 9 nitrogen and oxygen atoms in total. The lowest BCUT2D eigenvalue weighted by molar-refractivity contribution is -0.0424. The van der Waals surface area contributed by atoms with E-state index in [9.17, 15) is 9.18 Å². The zero-order valence-electron chi connectivity index (χ0n) is 18.4. The second-order valence-electron chi connectivity index (χ2n) is 8.25. The Bertz CT molecular complexity index is 1260. The first-order valence-electron chi connectivity index (χ1n) is 11.2. The van der Waals surface area contributed by atoms with E-state index in [1.807, 2.05) is 4.90 Å². The molecule has 178 valence electrons. The number of nitrogens with two attached hydrogens (primary N) is 1. The molecule has 2 N–H and O–H groups in total. The lowest BCUT2D eigenvalue weighted by Crippen LogP contribution is -2.36. The molecule has 1 atom stereocenters. The average molecular weight is 487 g/mol. The molecule has 0 bridgehead atoms. The van der Waals surface area contributed by atoms with E-state index < -0.39 is 0 Å². The van der Waals surface area contributed by atoms with Gasteiger partial charge in [0, 0.05) is 30.8 Å². The van der Waals surface area contributed by atoms with E-state index in [0.717, 1.165) is 30.5 Å². The van der Waals surface area contributed by atoms with Crippen LogP contribution in [0.3, 0.4) is 0 Å². The van der Waals surface area contributed by atoms with Crippen molar-refractivity contribution in [3.05, 3.63) is 68.7 Å². The predicted molar refractivity (Wildman–Crippen MR) is 123 cm³/mol. The number of hydrogen-bond donors (Lipinski definition) is 1. The normalized spacial score (nSPS) is 18.0. The highest BCUT2D eigenvalue weighted by Crippen LogP contribution is 2.33. The number of anilines is 1. The minimum absolute atomic E-state index is 0.108. The van der Waals surface area contributed by atoms with Gasteiger partial charge in [-0.25, -0.2) is 14.4 Å². The van der Waals surface area contributed by atoms with Crippen LogP contribution in [0.1, 0.15) is 42.3 Å². The first-order valence-corrected chi connectivity index (χ1v) is 11.6. The van der Waals surface area contributed by atoms with Gasteiger partial charge in [-0.1, -0.05) is 11.6 Å². The molecule has 3 aromatic rings. The Morgan fingerprint density at radius 2 is 2.18 bits per heavy atom. The molecule has 1 fully saturated rings. The summed E-state index contributed by atoms with van der Waals surface area (Å²) in [6.07, 6.45) is 5.91. The highest BCUT2D eigenvalue weighted by molar-refractivity contribution is 6.33. The van der Waals surface area contributed by atoms with Gasteiger partial charge in [-0.05, 0) is 43.9 Å². The topological polar surface area (TPSA) is 108 Å². The average Bonchev–Trinajstić information content (AvgIpc) is 2.87. The Morgan fingerprint density at radius 3 is 2.97 bits per heavy atom. The van der Waals surface area contributed by atoms with Gasteiger partial charge in [-0.2, -0.15) is 9.78 Å². The van der Waals surface area contributed by atoms with E-state index >= 15 is 0 Å². The van der Waals surface area contributed by atoms with Crippen LogP contribution in [0.15, 0.2) is 35.5 Å². The molecule has 1 unspecified atom stereocenters. The molecule has 2 aliphatic rings. The van der Waals surface area contributed by atoms with Crippen LogP contribution in [-0.2, 0) is 24.2 Å². The highest BCUT2D eigenvalue weighted by Gasteiger charge is 2.27. The van der Waals surface area contributed by atoms with Crippen molar-refractivity contribution in [2.75, 3.05) is 18.1 Å². The largest absolute Gasteiger partial charge is 0.438 e. The third kappa shape index (κ3) is 4.36. The van der Waals surface area contributed by atoms with Crippen molar-refractivity contribution in [3.63, 3.8) is 0 Å². The van der Waals surface area contributed by atoms with Gasteiger partial charge in [0.05, 0.1) is 24.1 Å². The number of aromatic nitrogens is 4. The number of benzene rings is 1. The van der Waals surface area contributed by atoms with Gasteiger partial charge in [0.1, 0.15) is 22.9 Å². The van der Waals surface area contributed by atoms with Crippen LogP contribution < -0.4 is 20.9 Å². The van der Waals surface area contributed by atoms with Gasteiger partial charge in [0.2, 0.25) is 5.88 Å². The van der Waals surface area contributed by atoms with Crippen LogP contribution >= 0.6 is 11.6 Å². The van der Waals surface area contributed by atoms with E-state index in [1.54, 1.807) is 6.20 Å². The third-order valence-corrected chi connectivity index (χ3v) is 6.47. The summed E-state index contributed by atoms with van der Waals surface area (Å²) in [4.78, 5) is 23.6. The molecule has 2 aliphatic heterocycles. The van der Waals surface area contributed by atoms with Crippen LogP contribution in [0.4, 0.5) is 10.1 Å². The van der Waals surface area contributed by atoms with Crippen LogP contribution in [0.2, 0.25) is 5.02 Å². The SMILES string of the molecule is NCc1cc(F)ccc1Oc1ncnc2c1CCN(c1cnn(C3CCCCO3)c(=O)c1Cl)C2. The lowest BCUT2D eigenvalue weighted by Gasteiger charge is -2.31. The fourth-order valence-corrected chi connectivity index (χ4v) is 4.56. The molecular weight excluding hydrogens is 463 g/mol. The van der Waals surface area contributed by atoms with Gasteiger partial charge in [-0.15, -0.1) is 0 Å². The van der Waals surface area contributed by atoms with Crippen LogP contribution in [0.25, 0.3) is 0 Å². The molecule has 1 saturated heterocycles. The Labute approximate surface area is 200 Å². The monoisotopic (exact) mass is 486 g/mol. The fraction of sp³-hybridized carbons (Fsp3) is 0.391. The van der Waals surface area contributed by atoms with Crippen molar-refractivity contribution in [1.29, 1.82) is 0 Å². The molecule has 5 rings (SSSR count). The molecule has 4 heterocycles. The lowest BCUT2D eigenvalue weighted by atomic mass is 10.1. The van der Waals surface area contributed by atoms with Crippen molar-refractivity contribution >= 4 is 17.3 Å². The van der Waals surface area contributed by atoms with Gasteiger partial charge in [-0.3, -0.25) is 4.79 Å². The van der Waals surface area contributed by atoms with E-state index in [-0.39, 0.29) is 29.2 Å². The maximum atomic E-state index is 13.6. The maximum absolute atomic E-state index is 13.6. The van der Waals surface area contributed by atoms with Crippen LogP contribution in [0, 0.1) is 5.82 Å². The van der Waals surface area contributed by atoms with Gasteiger partial charge < -0.3 is 20.1 Å². The third-order valence-electron chi connectivity index (χ3n) is 6.11. The van der Waals surface area contributed by atoms with Crippen molar-refractivity contribution in [2.45, 2.75) is 45.0 Å². The van der Waals surface area contributed by atoms with Crippen molar-refractivity contribution in [3.8, 4) is 11.6 Å². The Balaban J connectivity index is 1.39. The van der Waals surface area contributed by atoms with Gasteiger partial charge in [0.25, 0.3) is 5.56 Å². The molecule has 2 aromatic heterocycles. The summed E-state index contributed by atoms with van der Waals surface area (Å²) >= 11 is 6.49. The fourth-order valence-electron chi connectivity index (χ4n) is 4.31. The summed E-state index contributed by atoms with van der Waals surface area (Å²) < 4.78 is 26.6. The second kappa shape index (κ2) is 9.65. The number of rotatable bonds is 5. The Kier molecular flexibility index (Phi) is 6.44. The van der Waals surface area contributed by atoms with E-state index in [4.69, 9.17) is 26.8 Å². The number of nitrogens with zero attached hydrogens (tertiary/aromatic N) is 5. The Morgan fingerprint density at radius 1 is 1.29 bits per heavy atom. The molecular formula is C23H24ClFN6O3. The van der Waals surface area contributed by atoms with Gasteiger partial charge >= 0.3 is 0 Å². The summed E-state index contributed by atoms with van der Waals surface area (Å²) in [5, 5.41) is 4.46. The number of ether oxygens (including phenoxy) is 2. The number of fused-ring (bicyclic) bond motifs is 1. The number of hydrogen-bond acceptors (Lipinski definition) is 8. The molecule has 0 aliphatic carbocycles. The summed E-state index contributed by atoms with van der Waals surface area (Å²) in [5.41, 5.74) is 8.07. The summed E-state index contributed by atoms with van der Waals surface area (Å²) in [5.74, 6) is 0.476. The smallest absolute Gasteiger partial charge is 0.290 e. The summed E-state index contributed by atoms with van der Waals surface area (Å²) in [6, 6.07) is 4.21. The minimum atomic E-state index is -0.382. The predicted octanol–water partition coefficient (Wildman–Crippen LogP) is 3.34. The molecule has 11 heteroatoms. The molecule has 0 spiro atoms. The number of halogens is 2. The quantitative estimate of drug-likeness (QED) is 0.585. The molecule has 0 radical (unpaired) electrons. The highest BCUT2D eigenvalue weighted by atomic mass is 35.5. The maximum Gasteiger partial charge on any atom is 0.290 e. The van der Waals surface area contributed by atoms with Crippen LogP contribution in [-0.4, -0.2) is 32.9 Å². The first kappa shape index (κ1) is 22.7. The first-order chi connectivity index (χ1) is 16.5. The molecule has 34 heavy (non-hydrogen) atoms. The summed E-state index contributed by atoms with van der Waals surface area (Å²) in [7, 11) is 0. The van der Waals surface area contributed by atoms with Gasteiger partial charge in [0.15, 0.2) is 6.23 Å². The summed E-state index contributed by atoms with van der Waals surface area (Å²) in [6.45, 7) is 1.72. The van der Waals surface area contributed by atoms with E-state index in [2.05, 4.69) is 15.1 Å². The van der Waals surface area contributed by atoms with Crippen LogP contribution in [0.5, 0.6) is 11.6 Å². The van der Waals surface area contributed by atoms with Crippen molar-refractivity contribution < 1.29 is 13.9 Å². The molecule has 0 amide bonds. The zero-order chi connectivity index (χ0) is 23.7. The minimum Gasteiger partial charge on any atom is -0.438 e. The van der Waals surface area contributed by atoms with E-state index in [1.165, 1.54) is 29.2 Å².